The number of likely N-dealkylation sites (N-methyl/N-ethyl adjacent to an activating group) is 1. The zero-order valence-electron chi connectivity index (χ0n) is 12.8. The minimum absolute atomic E-state index is 0.0771. The number of carboxylic acids is 1. The number of carboxylic acid groups (broad SMARTS) is 1. The van der Waals surface area contributed by atoms with Crippen LogP contribution in [-0.4, -0.2) is 80.3 Å². The lowest BCUT2D eigenvalue weighted by Crippen LogP contribution is -2.45. The van der Waals surface area contributed by atoms with Crippen molar-refractivity contribution in [3.05, 3.63) is 0 Å². The maximum absolute atomic E-state index is 12.3. The lowest BCUT2D eigenvalue weighted by Gasteiger charge is -2.33. The summed E-state index contributed by atoms with van der Waals surface area (Å²) < 4.78 is 29.8. The van der Waals surface area contributed by atoms with Crippen molar-refractivity contribution in [3.8, 4) is 0 Å². The molecule has 2 fully saturated rings. The summed E-state index contributed by atoms with van der Waals surface area (Å²) in [6.07, 6.45) is 0.375. The van der Waals surface area contributed by atoms with Crippen LogP contribution in [0.3, 0.4) is 0 Å². The number of hydrogen-bond acceptors (Lipinski definition) is 5. The predicted molar refractivity (Wildman–Crippen MR) is 77.7 cm³/mol. The van der Waals surface area contributed by atoms with Gasteiger partial charge in [0.15, 0.2) is 0 Å². The molecule has 0 spiro atoms. The molecule has 1 amide bonds. The molecule has 2 rings (SSSR count). The van der Waals surface area contributed by atoms with Crippen LogP contribution in [0.2, 0.25) is 0 Å². The van der Waals surface area contributed by atoms with E-state index in [9.17, 15) is 23.1 Å². The van der Waals surface area contributed by atoms with Gasteiger partial charge >= 0.3 is 5.97 Å². The van der Waals surface area contributed by atoms with E-state index in [0.717, 1.165) is 4.31 Å². The molecule has 2 saturated heterocycles. The summed E-state index contributed by atoms with van der Waals surface area (Å²) in [6, 6.07) is 0. The third-order valence-electron chi connectivity index (χ3n) is 4.68. The Bertz CT molecular complexity index is 563. The van der Waals surface area contributed by atoms with Crippen molar-refractivity contribution in [1.29, 1.82) is 0 Å². The predicted octanol–water partition coefficient (Wildman–Crippen LogP) is -0.782. The highest BCUT2D eigenvalue weighted by atomic mass is 32.2. The van der Waals surface area contributed by atoms with Gasteiger partial charge in [0.2, 0.25) is 15.9 Å². The quantitative estimate of drug-likeness (QED) is 0.707. The van der Waals surface area contributed by atoms with Crippen LogP contribution in [0.1, 0.15) is 13.3 Å². The largest absolute Gasteiger partial charge is 0.481 e. The molecule has 0 unspecified atom stereocenters. The van der Waals surface area contributed by atoms with Crippen LogP contribution in [0, 0.1) is 11.3 Å². The molecule has 0 aromatic heterocycles. The molecule has 2 heterocycles. The van der Waals surface area contributed by atoms with E-state index in [-0.39, 0.29) is 30.7 Å². The Balaban J connectivity index is 2.08. The van der Waals surface area contributed by atoms with Crippen molar-refractivity contribution in [2.24, 2.45) is 11.3 Å². The third kappa shape index (κ3) is 2.97. The summed E-state index contributed by atoms with van der Waals surface area (Å²) in [5.74, 6) is -1.59. The monoisotopic (exact) mass is 334 g/mol. The van der Waals surface area contributed by atoms with Crippen LogP contribution in [-0.2, 0) is 24.3 Å². The van der Waals surface area contributed by atoms with Gasteiger partial charge in [-0.1, -0.05) is 0 Å². The number of sulfonamides is 1. The van der Waals surface area contributed by atoms with Crippen molar-refractivity contribution in [2.75, 3.05) is 45.6 Å². The van der Waals surface area contributed by atoms with E-state index in [2.05, 4.69) is 0 Å². The van der Waals surface area contributed by atoms with Gasteiger partial charge in [-0.25, -0.2) is 8.42 Å². The van der Waals surface area contributed by atoms with Gasteiger partial charge < -0.3 is 14.7 Å². The number of likely N-dealkylation sites (tertiary alicyclic amines) is 1. The fourth-order valence-corrected chi connectivity index (χ4v) is 3.85. The molecule has 0 bridgehead atoms. The smallest absolute Gasteiger partial charge is 0.311 e. The number of nitrogens with zero attached hydrogens (tertiary/aromatic N) is 2. The number of ether oxygens (including phenoxy) is 1. The van der Waals surface area contributed by atoms with Crippen LogP contribution in [0.4, 0.5) is 0 Å². The molecular formula is C13H22N2O6S. The summed E-state index contributed by atoms with van der Waals surface area (Å²) in [5.41, 5.74) is -0.962. The fourth-order valence-electron chi connectivity index (χ4n) is 3.10. The van der Waals surface area contributed by atoms with E-state index < -0.39 is 21.4 Å². The summed E-state index contributed by atoms with van der Waals surface area (Å²) in [7, 11) is -2.08. The molecule has 22 heavy (non-hydrogen) atoms. The second-order valence-electron chi connectivity index (χ2n) is 5.91. The molecule has 2 aliphatic heterocycles. The number of fused-ring (bicyclic) bond motifs is 1. The molecule has 126 valence electrons. The molecule has 0 saturated carbocycles. The Morgan fingerprint density at radius 3 is 2.68 bits per heavy atom. The van der Waals surface area contributed by atoms with Gasteiger partial charge in [-0.2, -0.15) is 4.31 Å². The minimum Gasteiger partial charge on any atom is -0.481 e. The van der Waals surface area contributed by atoms with Crippen molar-refractivity contribution < 1.29 is 27.9 Å². The molecule has 8 nitrogen and oxygen atoms in total. The van der Waals surface area contributed by atoms with Crippen molar-refractivity contribution in [1.82, 2.24) is 9.21 Å². The highest BCUT2D eigenvalue weighted by Crippen LogP contribution is 2.42. The number of carbonyl (C=O) groups excluding carboxylic acids is 1. The third-order valence-corrected chi connectivity index (χ3v) is 6.49. The number of carbonyl (C=O) groups is 2. The zero-order chi connectivity index (χ0) is 16.5. The lowest BCUT2D eigenvalue weighted by atomic mass is 9.74. The first kappa shape index (κ1) is 17.2. The Kier molecular flexibility index (Phi) is 4.78. The first-order valence-electron chi connectivity index (χ1n) is 7.26. The molecule has 1 N–H and O–H groups in total. The van der Waals surface area contributed by atoms with E-state index in [1.165, 1.54) is 18.9 Å². The SMILES string of the molecule is CCS(=O)(=O)N(C)CC(=O)N1C[C@H]2COCC[C@@]2(C(=O)O)C1. The maximum Gasteiger partial charge on any atom is 0.311 e. The Morgan fingerprint density at radius 1 is 1.45 bits per heavy atom. The highest BCUT2D eigenvalue weighted by Gasteiger charge is 2.54. The average molecular weight is 334 g/mol. The Labute approximate surface area is 130 Å². The van der Waals surface area contributed by atoms with Crippen molar-refractivity contribution in [3.63, 3.8) is 0 Å². The van der Waals surface area contributed by atoms with Gasteiger partial charge in [-0.05, 0) is 13.3 Å². The van der Waals surface area contributed by atoms with Gasteiger partial charge in [0.1, 0.15) is 0 Å². The van der Waals surface area contributed by atoms with E-state index in [1.54, 1.807) is 0 Å². The standard InChI is InChI=1S/C13H22N2O6S/c1-3-22(19,20)14(2)7-11(16)15-6-10-8-21-5-4-13(10,9-15)12(17)18/h10H,3-9H2,1-2H3,(H,17,18)/t10-,13+/m0/s1. The van der Waals surface area contributed by atoms with E-state index in [4.69, 9.17) is 4.74 Å². The minimum atomic E-state index is -3.44. The lowest BCUT2D eigenvalue weighted by molar-refractivity contribution is -0.157. The number of hydrogen-bond donors (Lipinski definition) is 1. The molecule has 0 aromatic rings. The molecule has 2 aliphatic rings. The molecule has 2 atom stereocenters. The summed E-state index contributed by atoms with van der Waals surface area (Å²) in [6.45, 7) is 2.35. The topological polar surface area (TPSA) is 104 Å². The van der Waals surface area contributed by atoms with Gasteiger partial charge in [-0.3, -0.25) is 9.59 Å². The van der Waals surface area contributed by atoms with Crippen LogP contribution >= 0.6 is 0 Å². The number of rotatable bonds is 5. The first-order valence-corrected chi connectivity index (χ1v) is 8.87. The van der Waals surface area contributed by atoms with Crippen LogP contribution in [0.25, 0.3) is 0 Å². The summed E-state index contributed by atoms with van der Waals surface area (Å²) >= 11 is 0. The Hall–Kier alpha value is -1.19. The second kappa shape index (κ2) is 6.13. The van der Waals surface area contributed by atoms with Crippen LogP contribution in [0.15, 0.2) is 0 Å². The van der Waals surface area contributed by atoms with E-state index >= 15 is 0 Å². The summed E-state index contributed by atoms with van der Waals surface area (Å²) in [5, 5.41) is 9.55. The molecule has 9 heteroatoms. The van der Waals surface area contributed by atoms with Gasteiger partial charge in [0.05, 0.1) is 24.3 Å². The normalized spacial score (nSPS) is 28.7. The van der Waals surface area contributed by atoms with Gasteiger partial charge in [-0.15, -0.1) is 0 Å². The first-order chi connectivity index (χ1) is 10.2. The second-order valence-corrected chi connectivity index (χ2v) is 8.28. The van der Waals surface area contributed by atoms with Crippen LogP contribution in [0.5, 0.6) is 0 Å². The molecular weight excluding hydrogens is 312 g/mol. The summed E-state index contributed by atoms with van der Waals surface area (Å²) in [4.78, 5) is 25.4. The van der Waals surface area contributed by atoms with E-state index in [1.807, 2.05) is 0 Å². The highest BCUT2D eigenvalue weighted by molar-refractivity contribution is 7.89. The fraction of sp³-hybridized carbons (Fsp3) is 0.846. The average Bonchev–Trinajstić information content (AvgIpc) is 2.88. The molecule has 0 aliphatic carbocycles. The Morgan fingerprint density at radius 2 is 2.14 bits per heavy atom. The molecule has 0 radical (unpaired) electrons. The molecule has 0 aromatic carbocycles. The van der Waals surface area contributed by atoms with Gasteiger partial charge in [0, 0.05) is 32.7 Å². The van der Waals surface area contributed by atoms with Crippen molar-refractivity contribution in [2.45, 2.75) is 13.3 Å². The van der Waals surface area contributed by atoms with Crippen LogP contribution < -0.4 is 0 Å². The van der Waals surface area contributed by atoms with Gasteiger partial charge in [0.25, 0.3) is 0 Å². The number of aliphatic carboxylic acids is 1. The zero-order valence-corrected chi connectivity index (χ0v) is 13.6. The van der Waals surface area contributed by atoms with Crippen molar-refractivity contribution >= 4 is 21.9 Å². The maximum atomic E-state index is 12.3. The van der Waals surface area contributed by atoms with E-state index in [0.29, 0.717) is 26.2 Å². The number of amides is 1.